The second kappa shape index (κ2) is 9.78. The lowest BCUT2D eigenvalue weighted by Crippen LogP contribution is -2.30. The molecule has 1 aromatic heterocycles. The van der Waals surface area contributed by atoms with Crippen LogP contribution in [0.2, 0.25) is 5.02 Å². The molecule has 178 valence electrons. The Labute approximate surface area is 200 Å². The highest BCUT2D eigenvalue weighted by atomic mass is 35.5. The molecule has 0 saturated heterocycles. The lowest BCUT2D eigenvalue weighted by atomic mass is 10.1. The standard InChI is InChI=1S/C23H24ClN5O5/c1-31-6-7-32-18-11-17-19(21-20(18)33-8-9-34-21)22(26-12-25-17)27-14-4-5-16(15(24)10-14)29-23(30)28-13-2-3-13/h4-5,10-13H,2-3,6-9H2,1H3,(H,25,26,27)(H2,28,29,30). The molecule has 1 saturated carbocycles. The lowest BCUT2D eigenvalue weighted by molar-refractivity contribution is 0.134. The van der Waals surface area contributed by atoms with Crippen molar-refractivity contribution >= 4 is 45.7 Å². The highest BCUT2D eigenvalue weighted by Gasteiger charge is 2.25. The molecular weight excluding hydrogens is 462 g/mol. The molecule has 11 heteroatoms. The molecule has 2 amide bonds. The van der Waals surface area contributed by atoms with Gasteiger partial charge in [-0.15, -0.1) is 0 Å². The van der Waals surface area contributed by atoms with E-state index in [0.29, 0.717) is 76.8 Å². The number of hydrogen-bond acceptors (Lipinski definition) is 8. The molecule has 0 spiro atoms. The van der Waals surface area contributed by atoms with E-state index in [2.05, 4.69) is 25.9 Å². The van der Waals surface area contributed by atoms with Crippen molar-refractivity contribution in [3.8, 4) is 17.2 Å². The quantitative estimate of drug-likeness (QED) is 0.408. The van der Waals surface area contributed by atoms with Gasteiger partial charge < -0.3 is 34.9 Å². The first-order valence-electron chi connectivity index (χ1n) is 11.0. The van der Waals surface area contributed by atoms with Crippen LogP contribution >= 0.6 is 11.6 Å². The van der Waals surface area contributed by atoms with Crippen molar-refractivity contribution in [3.63, 3.8) is 0 Å². The average Bonchev–Trinajstić information content (AvgIpc) is 3.65. The number of hydrogen-bond donors (Lipinski definition) is 3. The normalized spacial score (nSPS) is 14.5. The van der Waals surface area contributed by atoms with Crippen molar-refractivity contribution in [1.29, 1.82) is 0 Å². The van der Waals surface area contributed by atoms with Gasteiger partial charge in [-0.25, -0.2) is 14.8 Å². The number of amides is 2. The molecule has 0 bridgehead atoms. The Morgan fingerprint density at radius 3 is 2.74 bits per heavy atom. The van der Waals surface area contributed by atoms with Crippen LogP contribution in [0.4, 0.5) is 22.0 Å². The molecule has 3 N–H and O–H groups in total. The zero-order valence-electron chi connectivity index (χ0n) is 18.5. The highest BCUT2D eigenvalue weighted by Crippen LogP contribution is 2.47. The summed E-state index contributed by atoms with van der Waals surface area (Å²) in [6.07, 6.45) is 3.48. The van der Waals surface area contributed by atoms with E-state index >= 15 is 0 Å². The van der Waals surface area contributed by atoms with Gasteiger partial charge in [0.25, 0.3) is 0 Å². The summed E-state index contributed by atoms with van der Waals surface area (Å²) in [7, 11) is 1.61. The van der Waals surface area contributed by atoms with Gasteiger partial charge in [-0.2, -0.15) is 0 Å². The minimum absolute atomic E-state index is 0.258. The minimum Gasteiger partial charge on any atom is -0.487 e. The van der Waals surface area contributed by atoms with Crippen LogP contribution in [0, 0.1) is 0 Å². The number of aromatic nitrogens is 2. The molecule has 5 rings (SSSR count). The van der Waals surface area contributed by atoms with Crippen LogP contribution in [0.3, 0.4) is 0 Å². The summed E-state index contributed by atoms with van der Waals surface area (Å²) < 4.78 is 22.7. The summed E-state index contributed by atoms with van der Waals surface area (Å²) in [6.45, 7) is 1.62. The second-order valence-corrected chi connectivity index (χ2v) is 8.29. The molecule has 0 radical (unpaired) electrons. The van der Waals surface area contributed by atoms with E-state index in [1.807, 2.05) is 0 Å². The van der Waals surface area contributed by atoms with E-state index < -0.39 is 0 Å². The first-order valence-corrected chi connectivity index (χ1v) is 11.3. The summed E-state index contributed by atoms with van der Waals surface area (Å²) in [5.74, 6) is 2.08. The summed E-state index contributed by atoms with van der Waals surface area (Å²) in [5.41, 5.74) is 1.84. The number of fused-ring (bicyclic) bond motifs is 3. The number of benzene rings is 2. The average molecular weight is 486 g/mol. The maximum atomic E-state index is 12.0. The molecule has 2 heterocycles. The maximum Gasteiger partial charge on any atom is 0.319 e. The molecular formula is C23H24ClN5O5. The van der Waals surface area contributed by atoms with Gasteiger partial charge in [-0.1, -0.05) is 11.6 Å². The van der Waals surface area contributed by atoms with Crippen LogP contribution in [-0.2, 0) is 4.74 Å². The van der Waals surface area contributed by atoms with Gasteiger partial charge in [0.05, 0.1) is 28.2 Å². The number of nitrogens with one attached hydrogen (secondary N) is 3. The van der Waals surface area contributed by atoms with E-state index in [-0.39, 0.29) is 12.1 Å². The van der Waals surface area contributed by atoms with E-state index in [4.69, 9.17) is 30.5 Å². The molecule has 1 aliphatic carbocycles. The Kier molecular flexibility index (Phi) is 6.41. The topological polar surface area (TPSA) is 116 Å². The fourth-order valence-corrected chi connectivity index (χ4v) is 3.78. The lowest BCUT2D eigenvalue weighted by Gasteiger charge is -2.23. The van der Waals surface area contributed by atoms with Crippen LogP contribution in [0.5, 0.6) is 17.2 Å². The van der Waals surface area contributed by atoms with Crippen molar-refractivity contribution in [2.24, 2.45) is 0 Å². The smallest absolute Gasteiger partial charge is 0.319 e. The van der Waals surface area contributed by atoms with Gasteiger partial charge in [-0.05, 0) is 31.0 Å². The number of ether oxygens (including phenoxy) is 4. The molecule has 2 aromatic carbocycles. The van der Waals surface area contributed by atoms with E-state index in [9.17, 15) is 4.79 Å². The first kappa shape index (κ1) is 22.3. The van der Waals surface area contributed by atoms with E-state index in [1.165, 1.54) is 6.33 Å². The van der Waals surface area contributed by atoms with Gasteiger partial charge in [0, 0.05) is 24.9 Å². The summed E-state index contributed by atoms with van der Waals surface area (Å²) in [4.78, 5) is 20.8. The molecule has 1 fully saturated rings. The number of halogens is 1. The largest absolute Gasteiger partial charge is 0.487 e. The Hall–Kier alpha value is -3.50. The van der Waals surface area contributed by atoms with Crippen molar-refractivity contribution in [2.75, 3.05) is 44.2 Å². The van der Waals surface area contributed by atoms with Crippen LogP contribution in [0.15, 0.2) is 30.6 Å². The molecule has 3 aromatic rings. The fourth-order valence-electron chi connectivity index (χ4n) is 3.55. The van der Waals surface area contributed by atoms with Crippen LogP contribution in [-0.4, -0.2) is 55.6 Å². The van der Waals surface area contributed by atoms with Gasteiger partial charge in [-0.3, -0.25) is 0 Å². The second-order valence-electron chi connectivity index (χ2n) is 7.88. The maximum absolute atomic E-state index is 12.0. The van der Waals surface area contributed by atoms with Gasteiger partial charge in [0.2, 0.25) is 5.75 Å². The number of nitrogens with zero attached hydrogens (tertiary/aromatic N) is 2. The van der Waals surface area contributed by atoms with Crippen molar-refractivity contribution < 1.29 is 23.7 Å². The third kappa shape index (κ3) is 4.87. The number of anilines is 3. The van der Waals surface area contributed by atoms with Gasteiger partial charge in [0.15, 0.2) is 11.5 Å². The third-order valence-electron chi connectivity index (χ3n) is 5.32. The SMILES string of the molecule is COCCOc1cc2ncnc(Nc3ccc(NC(=O)NC4CC4)c(Cl)c3)c2c2c1OCCO2. The Bertz CT molecular complexity index is 1220. The van der Waals surface area contributed by atoms with Gasteiger partial charge >= 0.3 is 6.03 Å². The minimum atomic E-state index is -0.265. The zero-order valence-corrected chi connectivity index (χ0v) is 19.3. The molecule has 0 atom stereocenters. The van der Waals surface area contributed by atoms with Crippen LogP contribution in [0.25, 0.3) is 10.9 Å². The summed E-state index contributed by atoms with van der Waals surface area (Å²) in [6, 6.07) is 7.04. The number of urea groups is 1. The predicted molar refractivity (Wildman–Crippen MR) is 128 cm³/mol. The number of methoxy groups -OCH3 is 1. The number of carbonyl (C=O) groups excluding carboxylic acids is 1. The molecule has 0 unspecified atom stereocenters. The highest BCUT2D eigenvalue weighted by molar-refractivity contribution is 6.34. The van der Waals surface area contributed by atoms with Gasteiger partial charge in [0.1, 0.15) is 32.0 Å². The molecule has 34 heavy (non-hydrogen) atoms. The first-order chi connectivity index (χ1) is 16.6. The monoisotopic (exact) mass is 485 g/mol. The van der Waals surface area contributed by atoms with Crippen molar-refractivity contribution in [2.45, 2.75) is 18.9 Å². The van der Waals surface area contributed by atoms with E-state index in [1.54, 1.807) is 31.4 Å². The van der Waals surface area contributed by atoms with Crippen molar-refractivity contribution in [1.82, 2.24) is 15.3 Å². The third-order valence-corrected chi connectivity index (χ3v) is 5.63. The Morgan fingerprint density at radius 1 is 1.15 bits per heavy atom. The number of rotatable bonds is 8. The van der Waals surface area contributed by atoms with Crippen LogP contribution in [0.1, 0.15) is 12.8 Å². The Balaban J connectivity index is 1.42. The predicted octanol–water partition coefficient (Wildman–Crippen LogP) is 4.11. The summed E-state index contributed by atoms with van der Waals surface area (Å²) >= 11 is 6.42. The Morgan fingerprint density at radius 2 is 1.97 bits per heavy atom. The summed E-state index contributed by atoms with van der Waals surface area (Å²) in [5, 5.41) is 9.98. The van der Waals surface area contributed by atoms with E-state index in [0.717, 1.165) is 12.8 Å². The molecule has 2 aliphatic rings. The number of carbonyl (C=O) groups is 1. The molecule has 1 aliphatic heterocycles. The van der Waals surface area contributed by atoms with Crippen LogP contribution < -0.4 is 30.2 Å². The van der Waals surface area contributed by atoms with Crippen molar-refractivity contribution in [3.05, 3.63) is 35.6 Å². The zero-order chi connectivity index (χ0) is 23.5. The molecule has 10 nitrogen and oxygen atoms in total. The fraction of sp³-hybridized carbons (Fsp3) is 0.348.